The molecule has 24 heavy (non-hydrogen) atoms. The maximum absolute atomic E-state index is 13.2. The van der Waals surface area contributed by atoms with E-state index in [0.29, 0.717) is 10.2 Å². The van der Waals surface area contributed by atoms with Gasteiger partial charge in [0.25, 0.3) is 5.78 Å². The van der Waals surface area contributed by atoms with Crippen molar-refractivity contribution < 1.29 is 27.5 Å². The number of halogens is 4. The monoisotopic (exact) mass is 471 g/mol. The predicted octanol–water partition coefficient (Wildman–Crippen LogP) is 4.15. The van der Waals surface area contributed by atoms with E-state index in [1.807, 2.05) is 0 Å². The second-order valence-electron chi connectivity index (χ2n) is 6.76. The van der Waals surface area contributed by atoms with Crippen LogP contribution in [0, 0.1) is 3.57 Å². The number of ketones is 1. The fraction of sp³-hybridized carbons (Fsp3) is 0.467. The molecule has 1 aliphatic heterocycles. The van der Waals surface area contributed by atoms with E-state index in [1.165, 1.54) is 6.07 Å². The standard InChI is InChI=1S/C15H17F3INO3Si/c1-24(2,3)5-4-23-8-20-11-7-9(19)6-10(15(16,17)18)12(11)13(21)14(20)22/h6-7H,4-5,8H2,1-3H3. The smallest absolute Gasteiger partial charge is 0.361 e. The first kappa shape index (κ1) is 19.4. The second-order valence-corrected chi connectivity index (χ2v) is 13.6. The number of fused-ring (bicyclic) bond motifs is 1. The van der Waals surface area contributed by atoms with Crippen LogP contribution in [0.4, 0.5) is 18.9 Å². The van der Waals surface area contributed by atoms with Crippen molar-refractivity contribution in [3.63, 3.8) is 0 Å². The first-order valence-corrected chi connectivity index (χ1v) is 12.0. The molecule has 0 unspecified atom stereocenters. The van der Waals surface area contributed by atoms with E-state index < -0.39 is 37.1 Å². The van der Waals surface area contributed by atoms with Gasteiger partial charge in [0.1, 0.15) is 6.73 Å². The van der Waals surface area contributed by atoms with E-state index in [9.17, 15) is 22.8 Å². The molecule has 0 saturated carbocycles. The normalized spacial score (nSPS) is 15.2. The summed E-state index contributed by atoms with van der Waals surface area (Å²) >= 11 is 1.73. The van der Waals surface area contributed by atoms with Crippen LogP contribution in [0.25, 0.3) is 0 Å². The molecule has 0 aromatic heterocycles. The summed E-state index contributed by atoms with van der Waals surface area (Å²) in [5, 5.41) is 0. The minimum atomic E-state index is -4.70. The molecule has 1 amide bonds. The Kier molecular flexibility index (Phi) is 5.45. The van der Waals surface area contributed by atoms with Gasteiger partial charge in [-0.25, -0.2) is 0 Å². The number of amides is 1. The third-order valence-corrected chi connectivity index (χ3v) is 5.89. The molecule has 9 heteroatoms. The number of anilines is 1. The van der Waals surface area contributed by atoms with Gasteiger partial charge in [0.05, 0.1) is 16.8 Å². The van der Waals surface area contributed by atoms with Gasteiger partial charge in [-0.1, -0.05) is 19.6 Å². The molecule has 1 aromatic carbocycles. The SMILES string of the molecule is C[Si](C)(C)CCOCN1C(=O)C(=O)c2c1cc(I)cc2C(F)(F)F. The Bertz CT molecular complexity index is 686. The lowest BCUT2D eigenvalue weighted by Crippen LogP contribution is -2.33. The Morgan fingerprint density at radius 1 is 1.21 bits per heavy atom. The minimum Gasteiger partial charge on any atom is -0.361 e. The lowest BCUT2D eigenvalue weighted by molar-refractivity contribution is -0.137. The number of hydrogen-bond donors (Lipinski definition) is 0. The van der Waals surface area contributed by atoms with Crippen molar-refractivity contribution in [3.8, 4) is 0 Å². The van der Waals surface area contributed by atoms with Crippen molar-refractivity contribution in [1.29, 1.82) is 0 Å². The highest BCUT2D eigenvalue weighted by molar-refractivity contribution is 14.1. The van der Waals surface area contributed by atoms with Gasteiger partial charge in [-0.05, 0) is 40.8 Å². The zero-order valence-corrected chi connectivity index (χ0v) is 16.6. The molecule has 0 atom stereocenters. The molecule has 0 radical (unpaired) electrons. The molecule has 0 saturated heterocycles. The van der Waals surface area contributed by atoms with Crippen LogP contribution in [0.5, 0.6) is 0 Å². The van der Waals surface area contributed by atoms with Gasteiger partial charge in [0.15, 0.2) is 0 Å². The number of Topliss-reactive ketones (excluding diaryl/α,β-unsaturated/α-hetero) is 1. The molecule has 0 spiro atoms. The van der Waals surface area contributed by atoms with E-state index in [2.05, 4.69) is 19.6 Å². The molecule has 4 nitrogen and oxygen atoms in total. The molecule has 1 heterocycles. The van der Waals surface area contributed by atoms with E-state index in [-0.39, 0.29) is 12.4 Å². The van der Waals surface area contributed by atoms with Gasteiger partial charge < -0.3 is 4.74 Å². The van der Waals surface area contributed by atoms with Crippen molar-refractivity contribution >= 4 is 48.0 Å². The Hall–Kier alpha value is -0.943. The average Bonchev–Trinajstić information content (AvgIpc) is 2.65. The predicted molar refractivity (Wildman–Crippen MR) is 94.9 cm³/mol. The summed E-state index contributed by atoms with van der Waals surface area (Å²) in [5.41, 5.74) is -1.69. The van der Waals surface area contributed by atoms with Gasteiger partial charge in [-0.15, -0.1) is 0 Å². The first-order valence-electron chi connectivity index (χ1n) is 7.26. The molecule has 1 aliphatic rings. The maximum atomic E-state index is 13.2. The molecular formula is C15H17F3INO3Si. The Morgan fingerprint density at radius 3 is 2.38 bits per heavy atom. The minimum absolute atomic E-state index is 0.0303. The number of rotatable bonds is 5. The third-order valence-electron chi connectivity index (χ3n) is 3.56. The number of ether oxygens (including phenoxy) is 1. The summed E-state index contributed by atoms with van der Waals surface area (Å²) < 4.78 is 45.3. The zero-order valence-electron chi connectivity index (χ0n) is 13.5. The first-order chi connectivity index (χ1) is 10.9. The third kappa shape index (κ3) is 4.17. The van der Waals surface area contributed by atoms with Crippen LogP contribution < -0.4 is 4.90 Å². The Morgan fingerprint density at radius 2 is 1.83 bits per heavy atom. The Labute approximate surface area is 152 Å². The summed E-state index contributed by atoms with van der Waals surface area (Å²) in [6, 6.07) is 3.13. The highest BCUT2D eigenvalue weighted by Gasteiger charge is 2.45. The van der Waals surface area contributed by atoms with Crippen molar-refractivity contribution in [1.82, 2.24) is 0 Å². The van der Waals surface area contributed by atoms with Gasteiger partial charge >= 0.3 is 12.1 Å². The molecule has 0 fully saturated rings. The molecule has 132 valence electrons. The van der Waals surface area contributed by atoms with Crippen LogP contribution >= 0.6 is 22.6 Å². The van der Waals surface area contributed by atoms with Crippen molar-refractivity contribution in [2.75, 3.05) is 18.2 Å². The highest BCUT2D eigenvalue weighted by Crippen LogP contribution is 2.41. The maximum Gasteiger partial charge on any atom is 0.417 e. The second kappa shape index (κ2) is 6.75. The summed E-state index contributed by atoms with van der Waals surface area (Å²) in [7, 11) is -1.32. The molecule has 2 rings (SSSR count). The van der Waals surface area contributed by atoms with Gasteiger partial charge in [-0.3, -0.25) is 14.5 Å². The Balaban J connectivity index is 2.28. The van der Waals surface area contributed by atoms with Crippen LogP contribution in [0.1, 0.15) is 15.9 Å². The summed E-state index contributed by atoms with van der Waals surface area (Å²) in [6.07, 6.45) is -4.70. The highest BCUT2D eigenvalue weighted by atomic mass is 127. The van der Waals surface area contributed by atoms with Crippen LogP contribution in [0.3, 0.4) is 0 Å². The number of hydrogen-bond acceptors (Lipinski definition) is 3. The largest absolute Gasteiger partial charge is 0.417 e. The van der Waals surface area contributed by atoms with Crippen LogP contribution in [-0.2, 0) is 15.7 Å². The molecule has 0 bridgehead atoms. The summed E-state index contributed by atoms with van der Waals surface area (Å²) in [6.45, 7) is 6.66. The quantitative estimate of drug-likeness (QED) is 0.281. The van der Waals surface area contributed by atoms with Crippen LogP contribution in [-0.4, -0.2) is 33.1 Å². The average molecular weight is 471 g/mol. The van der Waals surface area contributed by atoms with E-state index >= 15 is 0 Å². The van der Waals surface area contributed by atoms with Crippen molar-refractivity contribution in [2.45, 2.75) is 31.9 Å². The molecular weight excluding hydrogens is 454 g/mol. The number of carbonyl (C=O) groups is 2. The van der Waals surface area contributed by atoms with E-state index in [0.717, 1.165) is 17.0 Å². The fourth-order valence-corrected chi connectivity index (χ4v) is 3.63. The molecule has 0 N–H and O–H groups in total. The molecule has 0 aliphatic carbocycles. The van der Waals surface area contributed by atoms with Crippen LogP contribution in [0.15, 0.2) is 12.1 Å². The number of nitrogens with zero attached hydrogens (tertiary/aromatic N) is 1. The van der Waals surface area contributed by atoms with Gasteiger partial charge in [0, 0.05) is 18.3 Å². The topological polar surface area (TPSA) is 46.6 Å². The number of benzene rings is 1. The van der Waals surface area contributed by atoms with E-state index in [1.54, 1.807) is 22.6 Å². The van der Waals surface area contributed by atoms with Crippen molar-refractivity contribution in [2.24, 2.45) is 0 Å². The van der Waals surface area contributed by atoms with E-state index in [4.69, 9.17) is 4.74 Å². The lowest BCUT2D eigenvalue weighted by Gasteiger charge is -2.20. The number of carbonyl (C=O) groups excluding carboxylic acids is 2. The molecule has 1 aromatic rings. The van der Waals surface area contributed by atoms with Gasteiger partial charge in [0.2, 0.25) is 0 Å². The number of alkyl halides is 3. The summed E-state index contributed by atoms with van der Waals surface area (Å²) in [5.74, 6) is -2.12. The van der Waals surface area contributed by atoms with Gasteiger partial charge in [-0.2, -0.15) is 13.2 Å². The van der Waals surface area contributed by atoms with Crippen molar-refractivity contribution in [3.05, 3.63) is 26.8 Å². The zero-order chi connectivity index (χ0) is 18.3. The van der Waals surface area contributed by atoms with Crippen LogP contribution in [0.2, 0.25) is 25.7 Å². The summed E-state index contributed by atoms with van der Waals surface area (Å²) in [4.78, 5) is 25.1. The lowest BCUT2D eigenvalue weighted by atomic mass is 10.0. The fourth-order valence-electron chi connectivity index (χ4n) is 2.27.